The molecule has 1 aliphatic rings. The second kappa shape index (κ2) is 6.18. The molecule has 1 aromatic heterocycles. The van der Waals surface area contributed by atoms with Crippen LogP contribution in [0.25, 0.3) is 6.08 Å². The fraction of sp³-hybridized carbons (Fsp3) is 0.455. The summed E-state index contributed by atoms with van der Waals surface area (Å²) in [5.41, 5.74) is -1.22. The molecule has 1 aliphatic heterocycles. The Morgan fingerprint density at radius 2 is 2.10 bits per heavy atom. The number of aromatic nitrogens is 2. The Morgan fingerprint density at radius 3 is 2.65 bits per heavy atom. The summed E-state index contributed by atoms with van der Waals surface area (Å²) in [6.07, 6.45) is -2.52. The van der Waals surface area contributed by atoms with Crippen LogP contribution in [0, 0.1) is 0 Å². The van der Waals surface area contributed by atoms with Crippen LogP contribution in [0.2, 0.25) is 0 Å². The highest BCUT2D eigenvalue weighted by atomic mass is 127. The molecule has 0 amide bonds. The van der Waals surface area contributed by atoms with Crippen molar-refractivity contribution in [3.63, 3.8) is 0 Å². The number of hydrogen-bond acceptors (Lipinski definition) is 6. The number of rotatable bonds is 3. The van der Waals surface area contributed by atoms with E-state index in [1.54, 1.807) is 4.08 Å². The minimum Gasteiger partial charge on any atom is -0.394 e. The number of nitrogens with one attached hydrogen (secondary N) is 1. The first-order valence-corrected chi connectivity index (χ1v) is 6.99. The van der Waals surface area contributed by atoms with Gasteiger partial charge in [0.2, 0.25) is 0 Å². The zero-order valence-electron chi connectivity index (χ0n) is 10.1. The van der Waals surface area contributed by atoms with E-state index < -0.39 is 42.4 Å². The third kappa shape index (κ3) is 2.59. The Hall–Kier alpha value is -1.01. The van der Waals surface area contributed by atoms with Crippen LogP contribution in [-0.4, -0.2) is 49.8 Å². The van der Waals surface area contributed by atoms with E-state index in [0.717, 1.165) is 0 Å². The lowest BCUT2D eigenvalue weighted by Gasteiger charge is -2.16. The lowest BCUT2D eigenvalue weighted by Crippen LogP contribution is -2.43. The van der Waals surface area contributed by atoms with Crippen molar-refractivity contribution in [3.05, 3.63) is 36.7 Å². The number of hydrogen-bond donors (Lipinski definition) is 4. The molecule has 110 valence electrons. The quantitative estimate of drug-likeness (QED) is 0.464. The van der Waals surface area contributed by atoms with Gasteiger partial charge in [0, 0.05) is 6.20 Å². The molecule has 2 rings (SSSR count). The van der Waals surface area contributed by atoms with Crippen molar-refractivity contribution in [1.29, 1.82) is 0 Å². The maximum Gasteiger partial charge on any atom is 0.330 e. The molecule has 0 aliphatic carbocycles. The summed E-state index contributed by atoms with van der Waals surface area (Å²) in [6.45, 7) is -0.533. The summed E-state index contributed by atoms with van der Waals surface area (Å²) in [5, 5.41) is 28.5. The first-order chi connectivity index (χ1) is 9.51. The van der Waals surface area contributed by atoms with Crippen LogP contribution in [0.15, 0.2) is 19.9 Å². The molecule has 0 saturated carbocycles. The first-order valence-electron chi connectivity index (χ1n) is 5.74. The van der Waals surface area contributed by atoms with E-state index in [4.69, 9.17) is 9.84 Å². The molecule has 0 spiro atoms. The molecule has 0 radical (unpaired) electrons. The predicted molar refractivity (Wildman–Crippen MR) is 77.4 cm³/mol. The van der Waals surface area contributed by atoms with Crippen molar-refractivity contribution in [3.8, 4) is 0 Å². The average Bonchev–Trinajstić information content (AvgIpc) is 2.70. The van der Waals surface area contributed by atoms with Gasteiger partial charge in [0.25, 0.3) is 5.56 Å². The number of ether oxygens (including phenoxy) is 1. The van der Waals surface area contributed by atoms with E-state index in [2.05, 4.69) is 4.98 Å². The van der Waals surface area contributed by atoms with Crippen molar-refractivity contribution in [1.82, 2.24) is 9.55 Å². The Balaban J connectivity index is 2.51. The molecule has 1 unspecified atom stereocenters. The Kier molecular flexibility index (Phi) is 4.75. The third-order valence-corrected chi connectivity index (χ3v) is 3.41. The molecule has 20 heavy (non-hydrogen) atoms. The van der Waals surface area contributed by atoms with Gasteiger partial charge in [0.05, 0.1) is 12.2 Å². The zero-order valence-corrected chi connectivity index (χ0v) is 12.3. The first kappa shape index (κ1) is 15.4. The van der Waals surface area contributed by atoms with Gasteiger partial charge in [0.15, 0.2) is 6.23 Å². The molecule has 1 saturated heterocycles. The molecular formula is C11H13IN2O6. The number of aromatic amines is 1. The highest BCUT2D eigenvalue weighted by molar-refractivity contribution is 14.1. The van der Waals surface area contributed by atoms with E-state index >= 15 is 0 Å². The Morgan fingerprint density at radius 1 is 1.40 bits per heavy atom. The average molecular weight is 396 g/mol. The molecule has 1 fully saturated rings. The van der Waals surface area contributed by atoms with Crippen LogP contribution in [-0.2, 0) is 4.74 Å². The van der Waals surface area contributed by atoms with Crippen molar-refractivity contribution in [2.24, 2.45) is 0 Å². The van der Waals surface area contributed by atoms with Crippen molar-refractivity contribution >= 4 is 28.7 Å². The van der Waals surface area contributed by atoms with Gasteiger partial charge < -0.3 is 25.0 Å². The van der Waals surface area contributed by atoms with Gasteiger partial charge in [-0.3, -0.25) is 4.79 Å². The highest BCUT2D eigenvalue weighted by Gasteiger charge is 2.44. The van der Waals surface area contributed by atoms with Gasteiger partial charge in [-0.15, -0.1) is 0 Å². The second-order valence-corrected chi connectivity index (χ2v) is 4.97. The molecule has 4 N–H and O–H groups in total. The van der Waals surface area contributed by atoms with Gasteiger partial charge in [-0.25, -0.2) is 9.36 Å². The molecule has 2 heterocycles. The van der Waals surface area contributed by atoms with Gasteiger partial charge in [-0.05, 0) is 10.2 Å². The summed E-state index contributed by atoms with van der Waals surface area (Å²) < 4.78 is 7.46. The largest absolute Gasteiger partial charge is 0.394 e. The van der Waals surface area contributed by atoms with Gasteiger partial charge in [-0.2, -0.15) is 0 Å². The smallest absolute Gasteiger partial charge is 0.330 e. The van der Waals surface area contributed by atoms with E-state index in [0.29, 0.717) is 4.57 Å². The van der Waals surface area contributed by atoms with E-state index in [1.807, 2.05) is 22.6 Å². The topological polar surface area (TPSA) is 125 Å². The Labute approximate surface area is 126 Å². The van der Waals surface area contributed by atoms with Crippen LogP contribution in [0.5, 0.6) is 0 Å². The molecule has 8 nitrogen and oxygen atoms in total. The Bertz CT molecular complexity index is 624. The third-order valence-electron chi connectivity index (χ3n) is 3.05. The van der Waals surface area contributed by atoms with Crippen molar-refractivity contribution in [2.45, 2.75) is 24.5 Å². The fourth-order valence-corrected chi connectivity index (χ4v) is 2.40. The molecular weight excluding hydrogens is 383 g/mol. The summed E-state index contributed by atoms with van der Waals surface area (Å²) in [4.78, 5) is 26.3. The predicted octanol–water partition coefficient (Wildman–Crippen LogP) is -1.45. The van der Waals surface area contributed by atoms with Crippen LogP contribution in [0.3, 0.4) is 0 Å². The standard InChI is InChI=1S/C11H13IN2O6/c12-2-1-5-3-13-11(19)14(9(5)18)10-8(17)7(16)6(4-15)20-10/h1-3,6-8,10,15-17H,4H2,(H,13,19)/b2-1+/t6-,7-,8+,10?/m1/s1. The van der Waals surface area contributed by atoms with Gasteiger partial charge in [-0.1, -0.05) is 22.6 Å². The van der Waals surface area contributed by atoms with Crippen LogP contribution >= 0.6 is 22.6 Å². The molecule has 0 bridgehead atoms. The monoisotopic (exact) mass is 396 g/mol. The van der Waals surface area contributed by atoms with Crippen molar-refractivity contribution < 1.29 is 20.1 Å². The molecule has 0 aromatic carbocycles. The molecule has 4 atom stereocenters. The van der Waals surface area contributed by atoms with Crippen LogP contribution in [0.1, 0.15) is 11.8 Å². The second-order valence-electron chi connectivity index (χ2n) is 4.25. The van der Waals surface area contributed by atoms with Gasteiger partial charge in [0.1, 0.15) is 18.3 Å². The van der Waals surface area contributed by atoms with Crippen LogP contribution < -0.4 is 11.2 Å². The molecule has 9 heteroatoms. The van der Waals surface area contributed by atoms with E-state index in [-0.39, 0.29) is 5.56 Å². The van der Waals surface area contributed by atoms with Gasteiger partial charge >= 0.3 is 5.69 Å². The number of H-pyrrole nitrogens is 1. The lowest BCUT2D eigenvalue weighted by atomic mass is 10.1. The number of nitrogens with zero attached hydrogens (tertiary/aromatic N) is 1. The summed E-state index contributed by atoms with van der Waals surface area (Å²) in [7, 11) is 0. The normalized spacial score (nSPS) is 30.2. The zero-order chi connectivity index (χ0) is 14.9. The SMILES string of the molecule is O=c1[nH]cc(/C=C/I)c(=O)n1C1O[C@H](CO)[C@@H](O)[C@@H]1O. The number of aliphatic hydroxyl groups is 3. The number of aliphatic hydroxyl groups excluding tert-OH is 3. The fourth-order valence-electron chi connectivity index (χ4n) is 2.01. The van der Waals surface area contributed by atoms with E-state index in [9.17, 15) is 19.8 Å². The van der Waals surface area contributed by atoms with Crippen molar-refractivity contribution in [2.75, 3.05) is 6.61 Å². The minimum atomic E-state index is -1.48. The summed E-state index contributed by atoms with van der Waals surface area (Å²) in [5.74, 6) is 0. The lowest BCUT2D eigenvalue weighted by molar-refractivity contribution is -0.0565. The number of halogens is 1. The minimum absolute atomic E-state index is 0.205. The maximum absolute atomic E-state index is 12.2. The van der Waals surface area contributed by atoms with E-state index in [1.165, 1.54) is 12.3 Å². The summed E-state index contributed by atoms with van der Waals surface area (Å²) in [6, 6.07) is 0. The summed E-state index contributed by atoms with van der Waals surface area (Å²) >= 11 is 1.92. The molecule has 1 aromatic rings. The maximum atomic E-state index is 12.2. The highest BCUT2D eigenvalue weighted by Crippen LogP contribution is 2.27. The van der Waals surface area contributed by atoms with Crippen LogP contribution in [0.4, 0.5) is 0 Å².